The van der Waals surface area contributed by atoms with E-state index in [0.717, 1.165) is 37.4 Å². The van der Waals surface area contributed by atoms with Crippen LogP contribution in [0, 0.1) is 23.7 Å². The van der Waals surface area contributed by atoms with E-state index in [1.54, 1.807) is 0 Å². The van der Waals surface area contributed by atoms with Gasteiger partial charge in [-0.1, -0.05) is 20.3 Å². The number of hydrogen-bond donors (Lipinski definition) is 1. The minimum absolute atomic E-state index is 0.105. The van der Waals surface area contributed by atoms with Crippen molar-refractivity contribution in [2.24, 2.45) is 23.7 Å². The predicted octanol–water partition coefficient (Wildman–Crippen LogP) is 2.13. The maximum atomic E-state index is 12.2. The summed E-state index contributed by atoms with van der Waals surface area (Å²) < 4.78 is 0. The van der Waals surface area contributed by atoms with Gasteiger partial charge in [0, 0.05) is 26.1 Å². The molecule has 2 saturated carbocycles. The van der Waals surface area contributed by atoms with E-state index in [0.29, 0.717) is 5.91 Å². The van der Waals surface area contributed by atoms with Gasteiger partial charge in [-0.15, -0.1) is 0 Å². The third kappa shape index (κ3) is 3.05. The molecule has 2 aliphatic rings. The van der Waals surface area contributed by atoms with E-state index < -0.39 is 0 Å². The van der Waals surface area contributed by atoms with Crippen LogP contribution in [0.5, 0.6) is 0 Å². The van der Waals surface area contributed by atoms with E-state index in [1.165, 1.54) is 25.7 Å². The molecule has 2 aliphatic carbocycles. The van der Waals surface area contributed by atoms with Crippen molar-refractivity contribution in [3.05, 3.63) is 0 Å². The van der Waals surface area contributed by atoms with Gasteiger partial charge in [-0.05, 0) is 43.6 Å². The van der Waals surface area contributed by atoms with E-state index in [1.807, 2.05) is 18.9 Å². The van der Waals surface area contributed by atoms with Gasteiger partial charge < -0.3 is 10.2 Å². The number of nitrogens with zero attached hydrogens (tertiary/aromatic N) is 1. The second kappa shape index (κ2) is 6.05. The van der Waals surface area contributed by atoms with Crippen molar-refractivity contribution < 1.29 is 4.79 Å². The molecule has 3 nitrogen and oxygen atoms in total. The molecule has 0 aliphatic heterocycles. The van der Waals surface area contributed by atoms with E-state index in [-0.39, 0.29) is 5.92 Å². The molecule has 0 saturated heterocycles. The van der Waals surface area contributed by atoms with Crippen molar-refractivity contribution in [3.63, 3.8) is 0 Å². The van der Waals surface area contributed by atoms with Crippen LogP contribution in [0.25, 0.3) is 0 Å². The van der Waals surface area contributed by atoms with Gasteiger partial charge in [0.05, 0.1) is 0 Å². The molecule has 4 atom stereocenters. The minimum atomic E-state index is 0.105. The third-order valence-electron chi connectivity index (χ3n) is 4.89. The van der Waals surface area contributed by atoms with Gasteiger partial charge in [-0.2, -0.15) is 0 Å². The molecular formula is C15H28N2O. The Bertz CT molecular complexity index is 292. The zero-order valence-electron chi connectivity index (χ0n) is 12.1. The summed E-state index contributed by atoms with van der Waals surface area (Å²) in [6.45, 7) is 6.83. The maximum absolute atomic E-state index is 12.2. The van der Waals surface area contributed by atoms with Crippen LogP contribution in [0.1, 0.15) is 39.5 Å². The fraction of sp³-hybridized carbons (Fsp3) is 0.933. The van der Waals surface area contributed by atoms with Gasteiger partial charge in [-0.25, -0.2) is 0 Å². The normalized spacial score (nSPS) is 31.6. The van der Waals surface area contributed by atoms with Crippen LogP contribution in [0.4, 0.5) is 0 Å². The first kappa shape index (κ1) is 13.9. The maximum Gasteiger partial charge on any atom is 0.226 e. The lowest BCUT2D eigenvalue weighted by Gasteiger charge is -2.29. The molecule has 1 N–H and O–H groups in total. The Kier molecular flexibility index (Phi) is 4.66. The first-order valence-electron chi connectivity index (χ1n) is 7.57. The smallest absolute Gasteiger partial charge is 0.226 e. The molecule has 0 radical (unpaired) electrons. The summed E-state index contributed by atoms with van der Waals surface area (Å²) in [5.74, 6) is 3.08. The van der Waals surface area contributed by atoms with Crippen molar-refractivity contribution in [1.29, 1.82) is 0 Å². The molecule has 2 bridgehead atoms. The first-order chi connectivity index (χ1) is 8.61. The van der Waals surface area contributed by atoms with Crippen LogP contribution >= 0.6 is 0 Å². The Hall–Kier alpha value is -0.570. The van der Waals surface area contributed by atoms with Crippen LogP contribution in [-0.4, -0.2) is 37.5 Å². The van der Waals surface area contributed by atoms with E-state index in [9.17, 15) is 4.79 Å². The molecule has 2 rings (SSSR count). The molecule has 1 amide bonds. The van der Waals surface area contributed by atoms with Gasteiger partial charge in [-0.3, -0.25) is 4.79 Å². The average Bonchev–Trinajstić information content (AvgIpc) is 2.97. The highest BCUT2D eigenvalue weighted by Crippen LogP contribution is 2.48. The van der Waals surface area contributed by atoms with Crippen LogP contribution in [-0.2, 0) is 4.79 Å². The summed E-state index contributed by atoms with van der Waals surface area (Å²) in [7, 11) is 1.98. The summed E-state index contributed by atoms with van der Waals surface area (Å²) in [5, 5.41) is 3.26. The Morgan fingerprint density at radius 1 is 1.39 bits per heavy atom. The second-order valence-electron chi connectivity index (χ2n) is 6.36. The molecule has 104 valence electrons. The van der Waals surface area contributed by atoms with Gasteiger partial charge in [0.2, 0.25) is 5.91 Å². The number of hydrogen-bond acceptors (Lipinski definition) is 2. The van der Waals surface area contributed by atoms with Gasteiger partial charge in [0.1, 0.15) is 0 Å². The molecule has 0 aromatic carbocycles. The summed E-state index contributed by atoms with van der Waals surface area (Å²) in [4.78, 5) is 14.2. The molecule has 0 spiro atoms. The van der Waals surface area contributed by atoms with Crippen LogP contribution in [0.2, 0.25) is 0 Å². The SMILES string of the molecule is CCNCC(C)C(=O)N(C)CC1CC2CCC1C2. The van der Waals surface area contributed by atoms with Gasteiger partial charge in [0.25, 0.3) is 0 Å². The molecular weight excluding hydrogens is 224 g/mol. The number of amides is 1. The molecule has 3 heteroatoms. The van der Waals surface area contributed by atoms with Crippen molar-refractivity contribution >= 4 is 5.91 Å². The minimum Gasteiger partial charge on any atom is -0.345 e. The Balaban J connectivity index is 1.77. The Morgan fingerprint density at radius 3 is 2.72 bits per heavy atom. The summed E-state index contributed by atoms with van der Waals surface area (Å²) in [5.41, 5.74) is 0. The molecule has 0 aromatic rings. The monoisotopic (exact) mass is 252 g/mol. The van der Waals surface area contributed by atoms with E-state index in [4.69, 9.17) is 0 Å². The topological polar surface area (TPSA) is 32.3 Å². The summed E-state index contributed by atoms with van der Waals surface area (Å²) >= 11 is 0. The summed E-state index contributed by atoms with van der Waals surface area (Å²) in [6.07, 6.45) is 5.64. The van der Waals surface area contributed by atoms with E-state index >= 15 is 0 Å². The molecule has 0 heterocycles. The number of nitrogens with one attached hydrogen (secondary N) is 1. The lowest BCUT2D eigenvalue weighted by Crippen LogP contribution is -2.40. The fourth-order valence-corrected chi connectivity index (χ4v) is 3.87. The fourth-order valence-electron chi connectivity index (χ4n) is 3.87. The number of carbonyl (C=O) groups excluding carboxylic acids is 1. The number of carbonyl (C=O) groups is 1. The quantitative estimate of drug-likeness (QED) is 0.785. The van der Waals surface area contributed by atoms with Gasteiger partial charge in [0.15, 0.2) is 0 Å². The van der Waals surface area contributed by atoms with Crippen molar-refractivity contribution in [1.82, 2.24) is 10.2 Å². The van der Waals surface area contributed by atoms with Crippen LogP contribution in [0.15, 0.2) is 0 Å². The third-order valence-corrected chi connectivity index (χ3v) is 4.89. The second-order valence-corrected chi connectivity index (χ2v) is 6.36. The standard InChI is InChI=1S/C15H28N2O/c1-4-16-9-11(2)15(18)17(3)10-14-8-12-5-6-13(14)7-12/h11-14,16H,4-10H2,1-3H3. The number of rotatable bonds is 6. The lowest BCUT2D eigenvalue weighted by atomic mass is 9.88. The van der Waals surface area contributed by atoms with Crippen molar-refractivity contribution in [3.8, 4) is 0 Å². The highest BCUT2D eigenvalue weighted by atomic mass is 16.2. The molecule has 18 heavy (non-hydrogen) atoms. The highest BCUT2D eigenvalue weighted by molar-refractivity contribution is 5.78. The Morgan fingerprint density at radius 2 is 2.17 bits per heavy atom. The van der Waals surface area contributed by atoms with Crippen molar-refractivity contribution in [2.75, 3.05) is 26.7 Å². The zero-order valence-corrected chi connectivity index (χ0v) is 12.1. The predicted molar refractivity (Wildman–Crippen MR) is 74.3 cm³/mol. The van der Waals surface area contributed by atoms with Crippen molar-refractivity contribution in [2.45, 2.75) is 39.5 Å². The first-order valence-corrected chi connectivity index (χ1v) is 7.57. The Labute approximate surface area is 111 Å². The number of fused-ring (bicyclic) bond motifs is 2. The zero-order chi connectivity index (χ0) is 13.1. The summed E-state index contributed by atoms with van der Waals surface area (Å²) in [6, 6.07) is 0. The molecule has 0 aromatic heterocycles. The van der Waals surface area contributed by atoms with Crippen LogP contribution in [0.3, 0.4) is 0 Å². The lowest BCUT2D eigenvalue weighted by molar-refractivity contribution is -0.134. The van der Waals surface area contributed by atoms with E-state index in [2.05, 4.69) is 12.2 Å². The van der Waals surface area contributed by atoms with Crippen LogP contribution < -0.4 is 5.32 Å². The highest BCUT2D eigenvalue weighted by Gasteiger charge is 2.40. The molecule has 2 fully saturated rings. The largest absolute Gasteiger partial charge is 0.345 e. The van der Waals surface area contributed by atoms with Gasteiger partial charge >= 0.3 is 0 Å². The average molecular weight is 252 g/mol. The molecule has 4 unspecified atom stereocenters.